The molecule has 4 rings (SSSR count). The monoisotopic (exact) mass is 542 g/mol. The van der Waals surface area contributed by atoms with E-state index in [4.69, 9.17) is 21.1 Å². The lowest BCUT2D eigenvalue weighted by molar-refractivity contribution is -0.111. The zero-order valence-electron chi connectivity index (χ0n) is 21.7. The minimum atomic E-state index is -0.304. The van der Waals surface area contributed by atoms with Crippen LogP contribution in [-0.2, 0) is 11.4 Å². The molecule has 0 saturated heterocycles. The van der Waals surface area contributed by atoms with E-state index >= 15 is 0 Å². The summed E-state index contributed by atoms with van der Waals surface area (Å²) >= 11 is 6.50. The zero-order valence-corrected chi connectivity index (χ0v) is 22.5. The van der Waals surface area contributed by atoms with Gasteiger partial charge in [0.05, 0.1) is 40.3 Å². The summed E-state index contributed by atoms with van der Waals surface area (Å²) in [6.07, 6.45) is 6.41. The highest BCUT2D eigenvalue weighted by atomic mass is 35.5. The molecule has 0 aliphatic heterocycles. The quantitative estimate of drug-likeness (QED) is 0.251. The fourth-order valence-electron chi connectivity index (χ4n) is 3.73. The highest BCUT2D eigenvalue weighted by molar-refractivity contribution is 6.32. The number of nitrogens with zero attached hydrogens (tertiary/aromatic N) is 4. The molecule has 9 nitrogen and oxygen atoms in total. The molecule has 2 aromatic carbocycles. The van der Waals surface area contributed by atoms with Gasteiger partial charge in [-0.05, 0) is 50.5 Å². The fourth-order valence-corrected chi connectivity index (χ4v) is 3.96. The van der Waals surface area contributed by atoms with E-state index in [1.807, 2.05) is 37.2 Å². The molecule has 4 aromatic rings. The molecule has 0 bridgehead atoms. The number of nitrogens with one attached hydrogen (secondary N) is 2. The van der Waals surface area contributed by atoms with E-state index in [1.165, 1.54) is 19.4 Å². The summed E-state index contributed by atoms with van der Waals surface area (Å²) in [5, 5.41) is 17.0. The van der Waals surface area contributed by atoms with Crippen molar-refractivity contribution in [3.63, 3.8) is 0 Å². The van der Waals surface area contributed by atoms with Crippen LogP contribution in [0.25, 0.3) is 10.9 Å². The average Bonchev–Trinajstić information content (AvgIpc) is 2.93. The van der Waals surface area contributed by atoms with Crippen LogP contribution in [0.4, 0.5) is 17.1 Å². The SMILES string of the molecule is COc1cc2ncc(C#N)c(Nc3ccc(OCc4ccccn4)c(Cl)c3)c2cc1NC(=O)/C=C/CN(C)C. The molecule has 0 spiro atoms. The lowest BCUT2D eigenvalue weighted by Gasteiger charge is -2.16. The maximum atomic E-state index is 12.5. The summed E-state index contributed by atoms with van der Waals surface area (Å²) < 4.78 is 11.3. The standard InChI is InChI=1S/C29H27ClN6O3/c1-36(2)12-6-8-28(37)35-25-14-22-24(15-27(25)38-3)33-17-19(16-31)29(22)34-20-9-10-26(23(30)13-20)39-18-21-7-4-5-11-32-21/h4-11,13-15,17H,12,18H2,1-3H3,(H,33,34)(H,35,37)/b8-6+. The van der Waals surface area contributed by atoms with Crippen molar-refractivity contribution in [2.75, 3.05) is 38.4 Å². The maximum absolute atomic E-state index is 12.5. The highest BCUT2D eigenvalue weighted by Gasteiger charge is 2.15. The van der Waals surface area contributed by atoms with Crippen molar-refractivity contribution in [2.24, 2.45) is 0 Å². The third-order valence-electron chi connectivity index (χ3n) is 5.61. The summed E-state index contributed by atoms with van der Waals surface area (Å²) in [6.45, 7) is 0.906. The van der Waals surface area contributed by atoms with Crippen molar-refractivity contribution in [1.29, 1.82) is 5.26 Å². The molecule has 0 saturated carbocycles. The summed E-state index contributed by atoms with van der Waals surface area (Å²) in [6, 6.07) is 16.5. The number of hydrogen-bond acceptors (Lipinski definition) is 8. The molecule has 1 amide bonds. The maximum Gasteiger partial charge on any atom is 0.248 e. The van der Waals surface area contributed by atoms with Gasteiger partial charge in [-0.15, -0.1) is 0 Å². The summed E-state index contributed by atoms with van der Waals surface area (Å²) in [4.78, 5) is 23.1. The summed E-state index contributed by atoms with van der Waals surface area (Å²) in [5.74, 6) is 0.643. The number of rotatable bonds is 10. The molecule has 2 aromatic heterocycles. The largest absolute Gasteiger partial charge is 0.494 e. The number of aromatic nitrogens is 2. The van der Waals surface area contributed by atoms with E-state index in [1.54, 1.807) is 42.6 Å². The first-order valence-corrected chi connectivity index (χ1v) is 12.4. The predicted molar refractivity (Wildman–Crippen MR) is 153 cm³/mol. The van der Waals surface area contributed by atoms with Gasteiger partial charge in [0.25, 0.3) is 0 Å². The number of methoxy groups -OCH3 is 1. The Kier molecular flexibility index (Phi) is 8.94. The zero-order chi connectivity index (χ0) is 27.8. The van der Waals surface area contributed by atoms with Crippen molar-refractivity contribution in [2.45, 2.75) is 6.61 Å². The van der Waals surface area contributed by atoms with E-state index < -0.39 is 0 Å². The topological polar surface area (TPSA) is 112 Å². The molecule has 0 aliphatic carbocycles. The second-order valence-electron chi connectivity index (χ2n) is 8.76. The number of carbonyl (C=O) groups is 1. The number of ether oxygens (including phenoxy) is 2. The van der Waals surface area contributed by atoms with Gasteiger partial charge in [-0.1, -0.05) is 23.7 Å². The molecule has 0 aliphatic rings. The van der Waals surface area contributed by atoms with Gasteiger partial charge in [0.15, 0.2) is 0 Å². The van der Waals surface area contributed by atoms with Gasteiger partial charge < -0.3 is 25.0 Å². The lowest BCUT2D eigenvalue weighted by Crippen LogP contribution is -2.13. The Morgan fingerprint density at radius 1 is 1.15 bits per heavy atom. The molecule has 39 heavy (non-hydrogen) atoms. The van der Waals surface area contributed by atoms with E-state index in [-0.39, 0.29) is 12.5 Å². The smallest absolute Gasteiger partial charge is 0.248 e. The van der Waals surface area contributed by atoms with Crippen molar-refractivity contribution in [3.8, 4) is 17.6 Å². The molecule has 0 atom stereocenters. The second kappa shape index (κ2) is 12.7. The van der Waals surface area contributed by atoms with Crippen LogP contribution in [0.3, 0.4) is 0 Å². The first-order chi connectivity index (χ1) is 18.9. The number of amides is 1. The van der Waals surface area contributed by atoms with Crippen molar-refractivity contribution in [1.82, 2.24) is 14.9 Å². The number of anilines is 3. The number of benzene rings is 2. The van der Waals surface area contributed by atoms with Crippen molar-refractivity contribution >= 4 is 45.5 Å². The number of hydrogen-bond donors (Lipinski definition) is 2. The molecule has 10 heteroatoms. The van der Waals surface area contributed by atoms with Crippen LogP contribution in [-0.4, -0.2) is 48.5 Å². The van der Waals surface area contributed by atoms with Gasteiger partial charge in [0.2, 0.25) is 5.91 Å². The van der Waals surface area contributed by atoms with Crippen LogP contribution in [0.2, 0.25) is 5.02 Å². The van der Waals surface area contributed by atoms with Crippen LogP contribution >= 0.6 is 11.6 Å². The van der Waals surface area contributed by atoms with Gasteiger partial charge >= 0.3 is 0 Å². The first-order valence-electron chi connectivity index (χ1n) is 12.0. The number of fused-ring (bicyclic) bond motifs is 1. The minimum Gasteiger partial charge on any atom is -0.494 e. The normalized spacial score (nSPS) is 11.0. The summed E-state index contributed by atoms with van der Waals surface area (Å²) in [7, 11) is 5.35. The van der Waals surface area contributed by atoms with E-state index in [0.717, 1.165) is 5.69 Å². The third kappa shape index (κ3) is 7.02. The highest BCUT2D eigenvalue weighted by Crippen LogP contribution is 2.37. The number of nitriles is 1. The van der Waals surface area contributed by atoms with Crippen LogP contribution in [0.1, 0.15) is 11.3 Å². The molecule has 0 radical (unpaired) electrons. The van der Waals surface area contributed by atoms with Gasteiger partial charge in [-0.2, -0.15) is 5.26 Å². The minimum absolute atomic E-state index is 0.279. The van der Waals surface area contributed by atoms with Crippen LogP contribution in [0, 0.1) is 11.3 Å². The number of halogens is 1. The molecule has 2 heterocycles. The molecule has 0 fully saturated rings. The molecule has 198 valence electrons. The number of carbonyl (C=O) groups excluding carboxylic acids is 1. The Hall–Kier alpha value is -4.65. The lowest BCUT2D eigenvalue weighted by atomic mass is 10.1. The third-order valence-corrected chi connectivity index (χ3v) is 5.91. The van der Waals surface area contributed by atoms with Crippen LogP contribution in [0.15, 0.2) is 73.1 Å². The summed E-state index contributed by atoms with van der Waals surface area (Å²) in [5.41, 5.74) is 3.28. The molecule has 0 unspecified atom stereocenters. The van der Waals surface area contributed by atoms with E-state index in [0.29, 0.717) is 56.6 Å². The fraction of sp³-hybridized carbons (Fsp3) is 0.172. The molecule has 2 N–H and O–H groups in total. The Balaban J connectivity index is 1.63. The van der Waals surface area contributed by atoms with Gasteiger partial charge in [-0.3, -0.25) is 14.8 Å². The van der Waals surface area contributed by atoms with Gasteiger partial charge in [-0.25, -0.2) is 0 Å². The second-order valence-corrected chi connectivity index (χ2v) is 9.17. The van der Waals surface area contributed by atoms with Gasteiger partial charge in [0.1, 0.15) is 24.2 Å². The van der Waals surface area contributed by atoms with E-state index in [2.05, 4.69) is 26.7 Å². The van der Waals surface area contributed by atoms with Crippen LogP contribution in [0.5, 0.6) is 11.5 Å². The van der Waals surface area contributed by atoms with Crippen molar-refractivity contribution in [3.05, 3.63) is 89.4 Å². The Labute approximate surface area is 231 Å². The number of likely N-dealkylation sites (N-methyl/N-ethyl adjacent to an activating group) is 1. The predicted octanol–water partition coefficient (Wildman–Crippen LogP) is 5.54. The Bertz CT molecular complexity index is 1550. The average molecular weight is 543 g/mol. The number of pyridine rings is 2. The molecular weight excluding hydrogens is 516 g/mol. The van der Waals surface area contributed by atoms with Gasteiger partial charge in [0, 0.05) is 42.2 Å². The molecular formula is C29H27ClN6O3. The van der Waals surface area contributed by atoms with Crippen molar-refractivity contribution < 1.29 is 14.3 Å². The van der Waals surface area contributed by atoms with Crippen LogP contribution < -0.4 is 20.1 Å². The van der Waals surface area contributed by atoms with E-state index in [9.17, 15) is 10.1 Å². The first kappa shape index (κ1) is 27.4. The Morgan fingerprint density at radius 3 is 2.69 bits per heavy atom. The Morgan fingerprint density at radius 2 is 2.00 bits per heavy atom.